The summed E-state index contributed by atoms with van der Waals surface area (Å²) in [6, 6.07) is 21.2. The van der Waals surface area contributed by atoms with Crippen LogP contribution >= 0.6 is 0 Å². The lowest BCUT2D eigenvalue weighted by atomic mass is 9.87. The smallest absolute Gasteiger partial charge is 0.207 e. The molecule has 0 heterocycles. The largest absolute Gasteiger partial charge is 0.417 e. The molecule has 0 saturated heterocycles. The molecule has 27 heavy (non-hydrogen) atoms. The molecule has 0 atom stereocenters. The molecule has 4 heteroatoms. The van der Waals surface area contributed by atoms with Crippen LogP contribution in [0.1, 0.15) is 22.3 Å². The van der Waals surface area contributed by atoms with Crippen LogP contribution in [0.5, 0.6) is 0 Å². The fraction of sp³-hybridized carbons (Fsp3) is 0.0435. The average molecular weight is 366 g/mol. The quantitative estimate of drug-likeness (QED) is 0.440. The third-order valence-electron chi connectivity index (χ3n) is 4.55. The maximum absolute atomic E-state index is 13.9. The van der Waals surface area contributed by atoms with Crippen LogP contribution in [0.15, 0.2) is 84.4 Å². The van der Waals surface area contributed by atoms with E-state index in [-0.39, 0.29) is 5.57 Å². The summed E-state index contributed by atoms with van der Waals surface area (Å²) in [7, 11) is 0. The first kappa shape index (κ1) is 17.3. The molecule has 1 aliphatic carbocycles. The second-order valence-electron chi connectivity index (χ2n) is 6.27. The average Bonchev–Trinajstić information content (AvgIpc) is 3.04. The SMILES string of the molecule is Fc1ccc(/C(=C2/C(C(F)(F)F)=Cc3ccccc32)c2ccccc2)cc1. The van der Waals surface area contributed by atoms with Crippen molar-refractivity contribution in [2.75, 3.05) is 0 Å². The Labute approximate surface area is 154 Å². The van der Waals surface area contributed by atoms with Crippen LogP contribution in [0, 0.1) is 5.82 Å². The second kappa shape index (κ2) is 6.54. The van der Waals surface area contributed by atoms with Crippen LogP contribution < -0.4 is 0 Å². The first-order chi connectivity index (χ1) is 12.9. The molecule has 0 nitrogen and oxygen atoms in total. The van der Waals surface area contributed by atoms with Crippen molar-refractivity contribution in [1.29, 1.82) is 0 Å². The van der Waals surface area contributed by atoms with Gasteiger partial charge in [-0.25, -0.2) is 4.39 Å². The lowest BCUT2D eigenvalue weighted by Crippen LogP contribution is -2.12. The van der Waals surface area contributed by atoms with Gasteiger partial charge in [-0.3, -0.25) is 0 Å². The molecule has 0 N–H and O–H groups in total. The van der Waals surface area contributed by atoms with Crippen LogP contribution in [0.2, 0.25) is 0 Å². The van der Waals surface area contributed by atoms with Crippen molar-refractivity contribution in [1.82, 2.24) is 0 Å². The molecule has 1 aliphatic rings. The van der Waals surface area contributed by atoms with Crippen molar-refractivity contribution in [3.8, 4) is 0 Å². The molecule has 0 amide bonds. The molecule has 3 aromatic rings. The fourth-order valence-electron chi connectivity index (χ4n) is 3.39. The topological polar surface area (TPSA) is 0 Å². The number of alkyl halides is 3. The third-order valence-corrected chi connectivity index (χ3v) is 4.55. The van der Waals surface area contributed by atoms with Crippen molar-refractivity contribution in [3.63, 3.8) is 0 Å². The normalized spacial score (nSPS) is 15.3. The van der Waals surface area contributed by atoms with E-state index in [0.717, 1.165) is 0 Å². The molecule has 134 valence electrons. The molecule has 0 aliphatic heterocycles. The van der Waals surface area contributed by atoms with Crippen LogP contribution in [-0.4, -0.2) is 6.18 Å². The van der Waals surface area contributed by atoms with E-state index in [9.17, 15) is 17.6 Å². The molecule has 0 radical (unpaired) electrons. The van der Waals surface area contributed by atoms with Gasteiger partial charge in [0.1, 0.15) is 5.82 Å². The summed E-state index contributed by atoms with van der Waals surface area (Å²) in [4.78, 5) is 0. The van der Waals surface area contributed by atoms with Gasteiger partial charge in [0, 0.05) is 5.57 Å². The summed E-state index contributed by atoms with van der Waals surface area (Å²) in [5, 5.41) is 0. The summed E-state index contributed by atoms with van der Waals surface area (Å²) in [6.45, 7) is 0. The van der Waals surface area contributed by atoms with Gasteiger partial charge in [-0.1, -0.05) is 66.7 Å². The van der Waals surface area contributed by atoms with Crippen molar-refractivity contribution >= 4 is 17.2 Å². The van der Waals surface area contributed by atoms with Gasteiger partial charge in [0.15, 0.2) is 0 Å². The van der Waals surface area contributed by atoms with E-state index in [1.807, 2.05) is 0 Å². The van der Waals surface area contributed by atoms with Crippen molar-refractivity contribution in [2.24, 2.45) is 0 Å². The van der Waals surface area contributed by atoms with Crippen molar-refractivity contribution in [3.05, 3.63) is 113 Å². The summed E-state index contributed by atoms with van der Waals surface area (Å²) in [5.41, 5.74) is 2.09. The molecule has 0 spiro atoms. The predicted molar refractivity (Wildman–Crippen MR) is 99.2 cm³/mol. The number of allylic oxidation sites excluding steroid dienone is 2. The molecule has 0 bridgehead atoms. The Morgan fingerprint density at radius 2 is 1.26 bits per heavy atom. The standard InChI is InChI=1S/C23H14F4/c24-18-12-10-16(11-13-18)21(15-6-2-1-3-7-15)22-19-9-5-4-8-17(19)14-20(22)23(25,26)27/h1-14H/b22-21+. The monoisotopic (exact) mass is 366 g/mol. The fourth-order valence-corrected chi connectivity index (χ4v) is 3.39. The van der Waals surface area contributed by atoms with E-state index in [0.29, 0.717) is 27.8 Å². The van der Waals surface area contributed by atoms with E-state index >= 15 is 0 Å². The maximum Gasteiger partial charge on any atom is 0.417 e. The summed E-state index contributed by atoms with van der Waals surface area (Å²) in [6.07, 6.45) is -3.33. The zero-order valence-corrected chi connectivity index (χ0v) is 14.1. The molecule has 4 rings (SSSR count). The Balaban J connectivity index is 2.09. The number of halogens is 4. The molecular formula is C23H14F4. The highest BCUT2D eigenvalue weighted by Gasteiger charge is 2.41. The second-order valence-corrected chi connectivity index (χ2v) is 6.27. The summed E-state index contributed by atoms with van der Waals surface area (Å²) < 4.78 is 55.0. The number of hydrogen-bond donors (Lipinski definition) is 0. The molecule has 0 unspecified atom stereocenters. The molecular weight excluding hydrogens is 352 g/mol. The van der Waals surface area contributed by atoms with E-state index in [4.69, 9.17) is 0 Å². The Morgan fingerprint density at radius 3 is 1.93 bits per heavy atom. The molecule has 3 aromatic carbocycles. The Kier molecular flexibility index (Phi) is 4.19. The van der Waals surface area contributed by atoms with Crippen LogP contribution in [0.25, 0.3) is 17.2 Å². The minimum absolute atomic E-state index is 0.121. The summed E-state index contributed by atoms with van der Waals surface area (Å²) in [5.74, 6) is -0.436. The maximum atomic E-state index is 13.9. The Bertz CT molecular complexity index is 1040. The van der Waals surface area contributed by atoms with Gasteiger partial charge in [0.25, 0.3) is 0 Å². The van der Waals surface area contributed by atoms with E-state index in [2.05, 4.69) is 0 Å². The van der Waals surface area contributed by atoms with Gasteiger partial charge in [0.2, 0.25) is 0 Å². The van der Waals surface area contributed by atoms with Gasteiger partial charge in [-0.2, -0.15) is 13.2 Å². The minimum Gasteiger partial charge on any atom is -0.207 e. The lowest BCUT2D eigenvalue weighted by molar-refractivity contribution is -0.0859. The number of rotatable bonds is 2. The predicted octanol–water partition coefficient (Wildman–Crippen LogP) is 6.74. The molecule has 0 aromatic heterocycles. The van der Waals surface area contributed by atoms with Crippen LogP contribution in [0.4, 0.5) is 17.6 Å². The number of hydrogen-bond acceptors (Lipinski definition) is 0. The zero-order chi connectivity index (χ0) is 19.0. The first-order valence-electron chi connectivity index (χ1n) is 8.39. The summed E-state index contributed by atoms with van der Waals surface area (Å²) >= 11 is 0. The Morgan fingerprint density at radius 1 is 0.667 bits per heavy atom. The van der Waals surface area contributed by atoms with Crippen molar-refractivity contribution < 1.29 is 17.6 Å². The van der Waals surface area contributed by atoms with Gasteiger partial charge in [0.05, 0.1) is 5.57 Å². The van der Waals surface area contributed by atoms with Crippen LogP contribution in [0.3, 0.4) is 0 Å². The molecule has 0 fully saturated rings. The minimum atomic E-state index is -4.51. The van der Waals surface area contributed by atoms with Crippen molar-refractivity contribution in [2.45, 2.75) is 6.18 Å². The highest BCUT2D eigenvalue weighted by atomic mass is 19.4. The van der Waals surface area contributed by atoms with E-state index in [1.54, 1.807) is 54.6 Å². The number of benzene rings is 3. The first-order valence-corrected chi connectivity index (χ1v) is 8.39. The van der Waals surface area contributed by atoms with Gasteiger partial charge < -0.3 is 0 Å². The highest BCUT2D eigenvalue weighted by molar-refractivity contribution is 6.10. The molecule has 0 saturated carbocycles. The number of fused-ring (bicyclic) bond motifs is 1. The van der Waals surface area contributed by atoms with Crippen LogP contribution in [-0.2, 0) is 0 Å². The zero-order valence-electron chi connectivity index (χ0n) is 14.1. The van der Waals surface area contributed by atoms with Gasteiger partial charge >= 0.3 is 6.18 Å². The van der Waals surface area contributed by atoms with E-state index < -0.39 is 17.6 Å². The third kappa shape index (κ3) is 3.19. The van der Waals surface area contributed by atoms with E-state index in [1.165, 1.54) is 30.3 Å². The highest BCUT2D eigenvalue weighted by Crippen LogP contribution is 2.48. The van der Waals surface area contributed by atoms with Gasteiger partial charge in [-0.05, 0) is 46.0 Å². The van der Waals surface area contributed by atoms with Gasteiger partial charge in [-0.15, -0.1) is 0 Å². The lowest BCUT2D eigenvalue weighted by Gasteiger charge is -2.18. The Hall–Kier alpha value is -3.14.